The Morgan fingerprint density at radius 1 is 1.44 bits per heavy atom. The normalized spacial score (nSPS) is 10.4. The predicted octanol–water partition coefficient (Wildman–Crippen LogP) is 2.83. The lowest BCUT2D eigenvalue weighted by Gasteiger charge is -2.08. The number of rotatable bonds is 2. The summed E-state index contributed by atoms with van der Waals surface area (Å²) in [4.78, 5) is 0. The molecule has 0 saturated heterocycles. The van der Waals surface area contributed by atoms with Crippen LogP contribution < -0.4 is 10.5 Å². The van der Waals surface area contributed by atoms with Gasteiger partial charge in [0.1, 0.15) is 0 Å². The van der Waals surface area contributed by atoms with Gasteiger partial charge in [0, 0.05) is 10.0 Å². The Labute approximate surface area is 99.3 Å². The molecule has 6 heteroatoms. The minimum atomic E-state index is -0.479. The van der Waals surface area contributed by atoms with E-state index in [1.807, 2.05) is 0 Å². The Bertz CT molecular complexity index is 528. The molecule has 2 rings (SSSR count). The highest BCUT2D eigenvalue weighted by Crippen LogP contribution is 2.37. The first kappa shape index (κ1) is 10.9. The Hall–Kier alpha value is -1.56. The van der Waals surface area contributed by atoms with E-state index in [2.05, 4.69) is 21.1 Å². The van der Waals surface area contributed by atoms with Gasteiger partial charge in [-0.15, -0.1) is 0 Å². The first-order chi connectivity index (χ1) is 7.63. The molecule has 0 bridgehead atoms. The summed E-state index contributed by atoms with van der Waals surface area (Å²) < 4.78 is 23.9. The maximum atomic E-state index is 13.6. The van der Waals surface area contributed by atoms with Crippen LogP contribution in [0, 0.1) is 5.82 Å². The standard InChI is InChI=1S/C10H8BrFN2O2/c1-15-9-6(2-5(11)3-8(9)12)7-4-14-16-10(7)13/h2-4H,13H2,1H3. The lowest BCUT2D eigenvalue weighted by Crippen LogP contribution is -1.93. The topological polar surface area (TPSA) is 61.3 Å². The van der Waals surface area contributed by atoms with Crippen molar-refractivity contribution in [2.45, 2.75) is 0 Å². The van der Waals surface area contributed by atoms with E-state index in [1.54, 1.807) is 6.07 Å². The van der Waals surface area contributed by atoms with Gasteiger partial charge in [-0.05, 0) is 12.1 Å². The van der Waals surface area contributed by atoms with E-state index < -0.39 is 5.82 Å². The number of nitrogens with two attached hydrogens (primary N) is 1. The lowest BCUT2D eigenvalue weighted by atomic mass is 10.1. The zero-order valence-corrected chi connectivity index (χ0v) is 9.92. The van der Waals surface area contributed by atoms with Crippen LogP contribution in [0.1, 0.15) is 0 Å². The van der Waals surface area contributed by atoms with Crippen molar-refractivity contribution in [2.75, 3.05) is 12.8 Å². The number of benzene rings is 1. The first-order valence-electron chi connectivity index (χ1n) is 4.37. The van der Waals surface area contributed by atoms with Crippen molar-refractivity contribution in [2.24, 2.45) is 0 Å². The molecule has 0 aliphatic heterocycles. The summed E-state index contributed by atoms with van der Waals surface area (Å²) in [6.07, 6.45) is 1.42. The molecule has 4 nitrogen and oxygen atoms in total. The van der Waals surface area contributed by atoms with Gasteiger partial charge < -0.3 is 15.0 Å². The van der Waals surface area contributed by atoms with Crippen LogP contribution in [0.5, 0.6) is 5.75 Å². The van der Waals surface area contributed by atoms with Crippen molar-refractivity contribution in [1.29, 1.82) is 0 Å². The third-order valence-electron chi connectivity index (χ3n) is 2.10. The molecule has 0 spiro atoms. The van der Waals surface area contributed by atoms with Gasteiger partial charge in [-0.2, -0.15) is 0 Å². The van der Waals surface area contributed by atoms with Gasteiger partial charge in [-0.1, -0.05) is 21.1 Å². The predicted molar refractivity (Wildman–Crippen MR) is 60.6 cm³/mol. The lowest BCUT2D eigenvalue weighted by molar-refractivity contribution is 0.388. The fourth-order valence-corrected chi connectivity index (χ4v) is 1.85. The van der Waals surface area contributed by atoms with Crippen LogP contribution in [0.25, 0.3) is 11.1 Å². The second-order valence-corrected chi connectivity index (χ2v) is 3.99. The molecule has 0 aliphatic carbocycles. The van der Waals surface area contributed by atoms with Gasteiger partial charge in [0.05, 0.1) is 18.9 Å². The highest BCUT2D eigenvalue weighted by atomic mass is 79.9. The number of methoxy groups -OCH3 is 1. The van der Waals surface area contributed by atoms with Crippen molar-refractivity contribution in [3.63, 3.8) is 0 Å². The molecule has 1 heterocycles. The zero-order valence-electron chi connectivity index (χ0n) is 8.33. The van der Waals surface area contributed by atoms with Crippen LogP contribution in [0.4, 0.5) is 10.3 Å². The van der Waals surface area contributed by atoms with Gasteiger partial charge in [-0.25, -0.2) is 4.39 Å². The molecule has 0 saturated carbocycles. The second-order valence-electron chi connectivity index (χ2n) is 3.07. The third kappa shape index (κ3) is 1.76. The van der Waals surface area contributed by atoms with Crippen molar-refractivity contribution in [3.05, 3.63) is 28.6 Å². The molecule has 84 valence electrons. The monoisotopic (exact) mass is 286 g/mol. The van der Waals surface area contributed by atoms with Gasteiger partial charge >= 0.3 is 0 Å². The van der Waals surface area contributed by atoms with Crippen molar-refractivity contribution >= 4 is 21.8 Å². The number of aromatic nitrogens is 1. The van der Waals surface area contributed by atoms with Crippen LogP contribution in [0.2, 0.25) is 0 Å². The number of hydrogen-bond donors (Lipinski definition) is 1. The quantitative estimate of drug-likeness (QED) is 0.922. The summed E-state index contributed by atoms with van der Waals surface area (Å²) in [5, 5.41) is 3.54. The highest BCUT2D eigenvalue weighted by Gasteiger charge is 2.17. The number of nitrogens with zero attached hydrogens (tertiary/aromatic N) is 1. The van der Waals surface area contributed by atoms with Crippen LogP contribution in [-0.2, 0) is 0 Å². The Morgan fingerprint density at radius 3 is 2.75 bits per heavy atom. The van der Waals surface area contributed by atoms with E-state index in [-0.39, 0.29) is 11.6 Å². The SMILES string of the molecule is COc1c(F)cc(Br)cc1-c1cnoc1N. The molecule has 1 aromatic heterocycles. The van der Waals surface area contributed by atoms with E-state index >= 15 is 0 Å². The molecule has 2 aromatic rings. The fourth-order valence-electron chi connectivity index (χ4n) is 1.42. The molecule has 2 N–H and O–H groups in total. The van der Waals surface area contributed by atoms with Gasteiger partial charge in [0.25, 0.3) is 0 Å². The minimum Gasteiger partial charge on any atom is -0.493 e. The smallest absolute Gasteiger partial charge is 0.230 e. The fraction of sp³-hybridized carbons (Fsp3) is 0.100. The molecular weight excluding hydrogens is 279 g/mol. The Balaban J connectivity index is 2.68. The number of halogens is 2. The molecule has 0 aliphatic rings. The molecule has 0 fully saturated rings. The molecule has 0 atom stereocenters. The largest absolute Gasteiger partial charge is 0.493 e. The van der Waals surface area contributed by atoms with Crippen LogP contribution in [-0.4, -0.2) is 12.3 Å². The van der Waals surface area contributed by atoms with Gasteiger partial charge in [0.2, 0.25) is 5.88 Å². The molecule has 1 aromatic carbocycles. The first-order valence-corrected chi connectivity index (χ1v) is 5.16. The molecule has 16 heavy (non-hydrogen) atoms. The van der Waals surface area contributed by atoms with Crippen LogP contribution in [0.15, 0.2) is 27.3 Å². The minimum absolute atomic E-state index is 0.109. The summed E-state index contributed by atoms with van der Waals surface area (Å²) in [5.74, 6) is -0.249. The van der Waals surface area contributed by atoms with Crippen LogP contribution in [0.3, 0.4) is 0 Å². The summed E-state index contributed by atoms with van der Waals surface area (Å²) in [6, 6.07) is 3.00. The Morgan fingerprint density at radius 2 is 2.19 bits per heavy atom. The second kappa shape index (κ2) is 4.13. The van der Waals surface area contributed by atoms with Crippen molar-refractivity contribution in [3.8, 4) is 16.9 Å². The molecule has 0 radical (unpaired) electrons. The zero-order chi connectivity index (χ0) is 11.7. The summed E-state index contributed by atoms with van der Waals surface area (Å²) in [7, 11) is 1.39. The number of anilines is 1. The Kier molecular flexibility index (Phi) is 2.82. The van der Waals surface area contributed by atoms with Crippen molar-refractivity contribution < 1.29 is 13.7 Å². The molecule has 0 amide bonds. The van der Waals surface area contributed by atoms with Crippen molar-refractivity contribution in [1.82, 2.24) is 5.16 Å². The average Bonchev–Trinajstić information content (AvgIpc) is 2.63. The van der Waals surface area contributed by atoms with E-state index in [9.17, 15) is 4.39 Å². The van der Waals surface area contributed by atoms with E-state index in [4.69, 9.17) is 15.0 Å². The van der Waals surface area contributed by atoms with Crippen LogP contribution >= 0.6 is 15.9 Å². The maximum Gasteiger partial charge on any atom is 0.230 e. The molecule has 0 unspecified atom stereocenters. The van der Waals surface area contributed by atoms with Gasteiger partial charge in [0.15, 0.2) is 11.6 Å². The maximum absolute atomic E-state index is 13.6. The molecular formula is C10H8BrFN2O2. The summed E-state index contributed by atoms with van der Waals surface area (Å²) in [6.45, 7) is 0. The number of ether oxygens (including phenoxy) is 1. The highest BCUT2D eigenvalue weighted by molar-refractivity contribution is 9.10. The van der Waals surface area contributed by atoms with Gasteiger partial charge in [-0.3, -0.25) is 0 Å². The summed E-state index contributed by atoms with van der Waals surface area (Å²) >= 11 is 3.20. The number of nitrogen functional groups attached to an aromatic ring is 1. The van der Waals surface area contributed by atoms with E-state index in [1.165, 1.54) is 19.4 Å². The summed E-state index contributed by atoms with van der Waals surface area (Å²) in [5.41, 5.74) is 6.56. The average molecular weight is 287 g/mol. The number of hydrogen-bond acceptors (Lipinski definition) is 4. The van der Waals surface area contributed by atoms with E-state index in [0.29, 0.717) is 15.6 Å². The third-order valence-corrected chi connectivity index (χ3v) is 2.56. The van der Waals surface area contributed by atoms with E-state index in [0.717, 1.165) is 0 Å².